The number of unbranched alkanes of at least 4 members (excludes halogenated alkanes) is 3. The van der Waals surface area contributed by atoms with Crippen molar-refractivity contribution in [3.8, 4) is 0 Å². The van der Waals surface area contributed by atoms with Crippen LogP contribution in [0.15, 0.2) is 0 Å². The second kappa shape index (κ2) is 6.39. The van der Waals surface area contributed by atoms with E-state index in [4.69, 9.17) is 5.73 Å². The predicted octanol–water partition coefficient (Wildman–Crippen LogP) is 1.57. The second-order valence-corrected chi connectivity index (χ2v) is 2.25. The van der Waals surface area contributed by atoms with Crippen LogP contribution in [0.3, 0.4) is 0 Å². The van der Waals surface area contributed by atoms with E-state index in [1.807, 2.05) is 0 Å². The van der Waals surface area contributed by atoms with E-state index in [1.165, 1.54) is 12.8 Å². The van der Waals surface area contributed by atoms with Crippen LogP contribution in [-0.4, -0.2) is 12.6 Å². The molecule has 1 N–H and O–H groups in total. The molecule has 0 heterocycles. The van der Waals surface area contributed by atoms with Crippen molar-refractivity contribution in [1.29, 1.82) is 0 Å². The number of nitrogens with one attached hydrogen (secondary N) is 1. The van der Waals surface area contributed by atoms with Gasteiger partial charge in [0.25, 0.3) is 0 Å². The fourth-order valence-electron chi connectivity index (χ4n) is 0.719. The van der Waals surface area contributed by atoms with Crippen LogP contribution in [0.4, 0.5) is 4.79 Å². The van der Waals surface area contributed by atoms with Gasteiger partial charge in [-0.2, -0.15) is 0 Å². The number of rotatable bonds is 5. The lowest BCUT2D eigenvalue weighted by atomic mass is 10.2. The molecule has 0 aromatic heterocycles. The number of hydrogen-bond acceptors (Lipinski definition) is 1. The van der Waals surface area contributed by atoms with Crippen LogP contribution in [0.2, 0.25) is 0 Å². The normalized spacial score (nSPS) is 9.30. The van der Waals surface area contributed by atoms with Crippen LogP contribution in [0.1, 0.15) is 32.6 Å². The summed E-state index contributed by atoms with van der Waals surface area (Å²) >= 11 is 0. The van der Waals surface area contributed by atoms with Crippen LogP contribution in [-0.2, 0) is 0 Å². The second-order valence-electron chi connectivity index (χ2n) is 2.25. The molecule has 0 unspecified atom stereocenters. The van der Waals surface area contributed by atoms with E-state index in [2.05, 4.69) is 12.2 Å². The first-order chi connectivity index (χ1) is 4.77. The lowest BCUT2D eigenvalue weighted by molar-refractivity contribution is 0.246. The van der Waals surface area contributed by atoms with E-state index in [0.29, 0.717) is 6.54 Å². The molecule has 0 rings (SSSR count). The third-order valence-electron chi connectivity index (χ3n) is 1.27. The molecule has 0 aliphatic heterocycles. The first kappa shape index (κ1) is 9.27. The zero-order valence-electron chi connectivity index (χ0n) is 6.39. The smallest absolute Gasteiger partial charge is 0.246 e. The van der Waals surface area contributed by atoms with Gasteiger partial charge in [-0.05, 0) is 6.42 Å². The van der Waals surface area contributed by atoms with Crippen LogP contribution in [0.25, 0.3) is 0 Å². The van der Waals surface area contributed by atoms with Gasteiger partial charge in [-0.1, -0.05) is 26.2 Å². The van der Waals surface area contributed by atoms with Gasteiger partial charge in [0.1, 0.15) is 0 Å². The van der Waals surface area contributed by atoms with Crippen molar-refractivity contribution in [1.82, 2.24) is 11.1 Å². The third-order valence-corrected chi connectivity index (χ3v) is 1.27. The molecule has 0 aromatic carbocycles. The molecule has 3 nitrogen and oxygen atoms in total. The zero-order chi connectivity index (χ0) is 7.82. The van der Waals surface area contributed by atoms with E-state index in [9.17, 15) is 4.79 Å². The molecule has 0 fully saturated rings. The number of urea groups is 1. The number of carbonyl (C=O) groups is 1. The lowest BCUT2D eigenvalue weighted by Crippen LogP contribution is -2.15. The van der Waals surface area contributed by atoms with Gasteiger partial charge in [0.15, 0.2) is 0 Å². The van der Waals surface area contributed by atoms with E-state index in [0.717, 1.165) is 12.8 Å². The molecule has 58 valence electrons. The van der Waals surface area contributed by atoms with Crippen molar-refractivity contribution in [3.05, 3.63) is 0 Å². The Labute approximate surface area is 62.0 Å². The van der Waals surface area contributed by atoms with Crippen molar-refractivity contribution in [3.63, 3.8) is 0 Å². The summed E-state index contributed by atoms with van der Waals surface area (Å²) in [6, 6.07) is -0.795. The Morgan fingerprint density at radius 2 is 2.10 bits per heavy atom. The van der Waals surface area contributed by atoms with Gasteiger partial charge in [0.05, 0.1) is 0 Å². The summed E-state index contributed by atoms with van der Waals surface area (Å²) in [4.78, 5) is 9.98. The predicted molar refractivity (Wildman–Crippen MR) is 39.6 cm³/mol. The average Bonchev–Trinajstić information content (AvgIpc) is 1.87. The number of nitrogens with zero attached hydrogens (tertiary/aromatic N) is 1. The number of hydrogen-bond donors (Lipinski definition) is 0. The Hall–Kier alpha value is -0.730. The van der Waals surface area contributed by atoms with Gasteiger partial charge in [-0.15, -0.1) is 0 Å². The van der Waals surface area contributed by atoms with Gasteiger partial charge in [-0.25, -0.2) is 15.8 Å². The lowest BCUT2D eigenvalue weighted by Gasteiger charge is -1.96. The third kappa shape index (κ3) is 7.27. The molecule has 0 saturated carbocycles. The molecule has 3 heteroatoms. The molecule has 10 heavy (non-hydrogen) atoms. The van der Waals surface area contributed by atoms with Gasteiger partial charge in [0.2, 0.25) is 0 Å². The van der Waals surface area contributed by atoms with E-state index < -0.39 is 6.03 Å². The Morgan fingerprint density at radius 1 is 1.40 bits per heavy atom. The fourth-order valence-corrected chi connectivity index (χ4v) is 0.719. The topological polar surface area (TPSA) is 55.0 Å². The van der Waals surface area contributed by atoms with Crippen molar-refractivity contribution >= 4 is 6.03 Å². The summed E-state index contributed by atoms with van der Waals surface area (Å²) in [6.45, 7) is 2.66. The zero-order valence-corrected chi connectivity index (χ0v) is 6.39. The summed E-state index contributed by atoms with van der Waals surface area (Å²) in [5.74, 6) is 0. The Balaban J connectivity index is 2.84. The first-order valence-corrected chi connectivity index (χ1v) is 3.70. The summed E-state index contributed by atoms with van der Waals surface area (Å²) < 4.78 is 0. The van der Waals surface area contributed by atoms with Crippen LogP contribution >= 0.6 is 0 Å². The molecule has 0 saturated heterocycles. The van der Waals surface area contributed by atoms with Gasteiger partial charge in [-0.3, -0.25) is 0 Å². The van der Waals surface area contributed by atoms with Crippen LogP contribution in [0, 0.1) is 0 Å². The Bertz CT molecular complexity index is 93.6. The van der Waals surface area contributed by atoms with Crippen molar-refractivity contribution in [2.75, 3.05) is 6.54 Å². The Morgan fingerprint density at radius 3 is 2.60 bits per heavy atom. The summed E-state index contributed by atoms with van der Waals surface area (Å²) in [6.07, 6.45) is 4.45. The van der Waals surface area contributed by atoms with Crippen LogP contribution < -0.4 is 11.1 Å². The molecule has 0 spiro atoms. The first-order valence-electron chi connectivity index (χ1n) is 3.70. The van der Waals surface area contributed by atoms with E-state index in [-0.39, 0.29) is 0 Å². The minimum Gasteiger partial charge on any atom is -0.246 e. The highest BCUT2D eigenvalue weighted by Crippen LogP contribution is 1.96. The number of carbonyl (C=O) groups excluding carboxylic acids is 1. The largest absolute Gasteiger partial charge is 0.355 e. The maximum Gasteiger partial charge on any atom is 0.355 e. The minimum absolute atomic E-state index is 0.530. The molecule has 0 aliphatic carbocycles. The highest BCUT2D eigenvalue weighted by atomic mass is 16.2. The van der Waals surface area contributed by atoms with Gasteiger partial charge >= 0.3 is 6.03 Å². The summed E-state index contributed by atoms with van der Waals surface area (Å²) in [5.41, 5.74) is 6.45. The maximum atomic E-state index is 9.98. The van der Waals surface area contributed by atoms with Gasteiger partial charge < -0.3 is 0 Å². The summed E-state index contributed by atoms with van der Waals surface area (Å²) in [7, 11) is 0. The minimum atomic E-state index is -0.795. The van der Waals surface area contributed by atoms with Crippen molar-refractivity contribution in [2.24, 2.45) is 0 Å². The molecular formula is C7H14N2O. The van der Waals surface area contributed by atoms with E-state index >= 15 is 0 Å². The standard InChI is InChI=1S/C7H14N2O/c1-2-3-4-5-6-9-7(8)10/h8H,2-6H2,1H3. The molecule has 2 amide bonds. The van der Waals surface area contributed by atoms with E-state index in [1.54, 1.807) is 0 Å². The monoisotopic (exact) mass is 142 g/mol. The Kier molecular flexibility index (Phi) is 5.92. The molecule has 0 aromatic rings. The summed E-state index contributed by atoms with van der Waals surface area (Å²) in [5, 5.41) is 3.42. The SMILES string of the molecule is CCCCCC[N]C([NH])=O. The number of amides is 2. The fraction of sp³-hybridized carbons (Fsp3) is 0.857. The van der Waals surface area contributed by atoms with Crippen LogP contribution in [0.5, 0.6) is 0 Å². The molecule has 2 radical (unpaired) electrons. The van der Waals surface area contributed by atoms with Gasteiger partial charge in [0, 0.05) is 6.54 Å². The molecule has 0 bridgehead atoms. The molecule has 0 atom stereocenters. The highest BCUT2D eigenvalue weighted by Gasteiger charge is 1.93. The van der Waals surface area contributed by atoms with Crippen molar-refractivity contribution < 1.29 is 4.79 Å². The average molecular weight is 142 g/mol. The maximum absolute atomic E-state index is 9.98. The highest BCUT2D eigenvalue weighted by molar-refractivity contribution is 5.70. The molecule has 0 aliphatic rings. The van der Waals surface area contributed by atoms with Crippen molar-refractivity contribution in [2.45, 2.75) is 32.6 Å². The molecular weight excluding hydrogens is 128 g/mol. The quantitative estimate of drug-likeness (QED) is 0.537.